The van der Waals surface area contributed by atoms with E-state index < -0.39 is 0 Å². The number of amides is 1. The minimum atomic E-state index is -0.382. The van der Waals surface area contributed by atoms with E-state index in [1.807, 2.05) is 13.8 Å². The highest BCUT2D eigenvalue weighted by Gasteiger charge is 2.19. The van der Waals surface area contributed by atoms with Gasteiger partial charge in [0, 0.05) is 24.3 Å². The first kappa shape index (κ1) is 21.0. The van der Waals surface area contributed by atoms with Crippen LogP contribution in [0.5, 0.6) is 0 Å². The van der Waals surface area contributed by atoms with Crippen LogP contribution in [0.3, 0.4) is 0 Å². The molecule has 4 rings (SSSR count). The standard InChI is InChI=1S/C24H26F2N4O/c1-16-21(17(2)30(28-16)20-9-6-18(25)7-10-20)15-24(31)27-22-14-19(26)8-11-23(22)29-12-4-3-5-13-29/h6-11,14H,3-5,12-13,15H2,1-2H3,(H,27,31). The summed E-state index contributed by atoms with van der Waals surface area (Å²) in [6.45, 7) is 5.53. The van der Waals surface area contributed by atoms with Crippen molar-refractivity contribution in [1.82, 2.24) is 9.78 Å². The molecule has 1 saturated heterocycles. The molecule has 3 aromatic rings. The van der Waals surface area contributed by atoms with Gasteiger partial charge in [-0.15, -0.1) is 0 Å². The van der Waals surface area contributed by atoms with Gasteiger partial charge in [0.15, 0.2) is 0 Å². The highest BCUT2D eigenvalue weighted by molar-refractivity contribution is 5.95. The first-order valence-electron chi connectivity index (χ1n) is 10.6. The average Bonchev–Trinajstić information content (AvgIpc) is 3.03. The van der Waals surface area contributed by atoms with Crippen LogP contribution < -0.4 is 10.2 Å². The third kappa shape index (κ3) is 4.60. The Labute approximate surface area is 180 Å². The van der Waals surface area contributed by atoms with Crippen molar-refractivity contribution >= 4 is 17.3 Å². The predicted octanol–water partition coefficient (Wildman–Crippen LogP) is 4.94. The molecule has 1 aromatic heterocycles. The number of benzene rings is 2. The Morgan fingerprint density at radius 3 is 2.39 bits per heavy atom. The van der Waals surface area contributed by atoms with Gasteiger partial charge in [0.1, 0.15) is 11.6 Å². The van der Waals surface area contributed by atoms with Crippen LogP contribution in [-0.4, -0.2) is 28.8 Å². The van der Waals surface area contributed by atoms with Crippen LogP contribution >= 0.6 is 0 Å². The van der Waals surface area contributed by atoms with Crippen LogP contribution in [0, 0.1) is 25.5 Å². The lowest BCUT2D eigenvalue weighted by molar-refractivity contribution is -0.115. The maximum absolute atomic E-state index is 13.9. The Kier molecular flexibility index (Phi) is 6.02. The van der Waals surface area contributed by atoms with Gasteiger partial charge in [-0.2, -0.15) is 5.10 Å². The zero-order valence-corrected chi connectivity index (χ0v) is 17.8. The summed E-state index contributed by atoms with van der Waals surface area (Å²) in [6, 6.07) is 10.6. The minimum Gasteiger partial charge on any atom is -0.370 e. The van der Waals surface area contributed by atoms with E-state index >= 15 is 0 Å². The molecule has 0 bridgehead atoms. The summed E-state index contributed by atoms with van der Waals surface area (Å²) in [7, 11) is 0. The number of piperidine rings is 1. The van der Waals surface area contributed by atoms with E-state index in [0.29, 0.717) is 5.69 Å². The van der Waals surface area contributed by atoms with E-state index in [1.54, 1.807) is 22.9 Å². The normalized spacial score (nSPS) is 14.0. The van der Waals surface area contributed by atoms with Gasteiger partial charge in [0.05, 0.1) is 29.2 Å². The third-order valence-electron chi connectivity index (χ3n) is 5.78. The van der Waals surface area contributed by atoms with Gasteiger partial charge in [-0.3, -0.25) is 4.79 Å². The predicted molar refractivity (Wildman–Crippen MR) is 118 cm³/mol. The smallest absolute Gasteiger partial charge is 0.228 e. The van der Waals surface area contributed by atoms with Crippen LogP contribution in [0.25, 0.3) is 5.69 Å². The van der Waals surface area contributed by atoms with Crippen LogP contribution in [-0.2, 0) is 11.2 Å². The van der Waals surface area contributed by atoms with Crippen molar-refractivity contribution in [1.29, 1.82) is 0 Å². The lowest BCUT2D eigenvalue weighted by Gasteiger charge is -2.30. The number of hydrogen-bond donors (Lipinski definition) is 1. The first-order valence-corrected chi connectivity index (χ1v) is 10.6. The number of anilines is 2. The molecule has 0 atom stereocenters. The molecule has 2 aromatic carbocycles. The van der Waals surface area contributed by atoms with Gasteiger partial charge in [-0.25, -0.2) is 13.5 Å². The van der Waals surface area contributed by atoms with Gasteiger partial charge >= 0.3 is 0 Å². The molecule has 1 N–H and O–H groups in total. The zero-order chi connectivity index (χ0) is 22.0. The number of carbonyl (C=O) groups excluding carboxylic acids is 1. The van der Waals surface area contributed by atoms with E-state index in [0.717, 1.165) is 54.3 Å². The lowest BCUT2D eigenvalue weighted by Crippen LogP contribution is -2.30. The molecule has 31 heavy (non-hydrogen) atoms. The molecule has 0 unspecified atom stereocenters. The molecule has 7 heteroatoms. The minimum absolute atomic E-state index is 0.120. The second-order valence-corrected chi connectivity index (χ2v) is 7.97. The van der Waals surface area contributed by atoms with Crippen molar-refractivity contribution < 1.29 is 13.6 Å². The summed E-state index contributed by atoms with van der Waals surface area (Å²) in [5.41, 5.74) is 4.42. The number of carbonyl (C=O) groups is 1. The highest BCUT2D eigenvalue weighted by Crippen LogP contribution is 2.30. The Morgan fingerprint density at radius 2 is 1.68 bits per heavy atom. The molecule has 5 nitrogen and oxygen atoms in total. The summed E-state index contributed by atoms with van der Waals surface area (Å²) >= 11 is 0. The second kappa shape index (κ2) is 8.88. The summed E-state index contributed by atoms with van der Waals surface area (Å²) in [6.07, 6.45) is 3.49. The number of aromatic nitrogens is 2. The summed E-state index contributed by atoms with van der Waals surface area (Å²) in [5, 5.41) is 7.42. The van der Waals surface area contributed by atoms with Gasteiger partial charge in [-0.05, 0) is 75.6 Å². The molecule has 1 aliphatic rings. The second-order valence-electron chi connectivity index (χ2n) is 7.97. The van der Waals surface area contributed by atoms with Crippen molar-refractivity contribution in [2.24, 2.45) is 0 Å². The molecule has 2 heterocycles. The van der Waals surface area contributed by atoms with Gasteiger partial charge in [0.25, 0.3) is 0 Å². The van der Waals surface area contributed by atoms with Gasteiger partial charge in [0.2, 0.25) is 5.91 Å². The van der Waals surface area contributed by atoms with Crippen molar-refractivity contribution in [3.63, 3.8) is 0 Å². The molecule has 1 aliphatic heterocycles. The van der Waals surface area contributed by atoms with Crippen molar-refractivity contribution in [3.8, 4) is 5.69 Å². The molecule has 0 spiro atoms. The van der Waals surface area contributed by atoms with Crippen LogP contribution in [0.2, 0.25) is 0 Å². The number of rotatable bonds is 5. The molecular formula is C24H26F2N4O. The third-order valence-corrected chi connectivity index (χ3v) is 5.78. The highest BCUT2D eigenvalue weighted by atomic mass is 19.1. The Balaban J connectivity index is 1.55. The van der Waals surface area contributed by atoms with E-state index in [2.05, 4.69) is 15.3 Å². The first-order chi connectivity index (χ1) is 14.9. The average molecular weight is 424 g/mol. The molecular weight excluding hydrogens is 398 g/mol. The van der Waals surface area contributed by atoms with Crippen molar-refractivity contribution in [3.05, 3.63) is 71.1 Å². The number of aryl methyl sites for hydroxylation is 1. The number of nitrogens with zero attached hydrogens (tertiary/aromatic N) is 3. The fourth-order valence-electron chi connectivity index (χ4n) is 4.14. The number of nitrogens with one attached hydrogen (secondary N) is 1. The fraction of sp³-hybridized carbons (Fsp3) is 0.333. The molecule has 1 amide bonds. The number of hydrogen-bond acceptors (Lipinski definition) is 3. The monoisotopic (exact) mass is 424 g/mol. The van der Waals surface area contributed by atoms with E-state index in [-0.39, 0.29) is 24.0 Å². The molecule has 0 radical (unpaired) electrons. The fourth-order valence-corrected chi connectivity index (χ4v) is 4.14. The zero-order valence-electron chi connectivity index (χ0n) is 17.8. The molecule has 0 saturated carbocycles. The Bertz CT molecular complexity index is 1090. The molecule has 162 valence electrons. The Morgan fingerprint density at radius 1 is 1.00 bits per heavy atom. The maximum atomic E-state index is 13.9. The Hall–Kier alpha value is -3.22. The van der Waals surface area contributed by atoms with Crippen molar-refractivity contribution in [2.75, 3.05) is 23.3 Å². The number of halogens is 2. The van der Waals surface area contributed by atoms with E-state index in [1.165, 1.54) is 30.7 Å². The van der Waals surface area contributed by atoms with E-state index in [4.69, 9.17) is 0 Å². The topological polar surface area (TPSA) is 50.2 Å². The van der Waals surface area contributed by atoms with Crippen LogP contribution in [0.1, 0.15) is 36.2 Å². The quantitative estimate of drug-likeness (QED) is 0.631. The lowest BCUT2D eigenvalue weighted by atomic mass is 10.1. The van der Waals surface area contributed by atoms with Crippen molar-refractivity contribution in [2.45, 2.75) is 39.5 Å². The molecule has 1 fully saturated rings. The maximum Gasteiger partial charge on any atom is 0.228 e. The SMILES string of the molecule is Cc1nn(-c2ccc(F)cc2)c(C)c1CC(=O)Nc1cc(F)ccc1N1CCCCC1. The summed E-state index contributed by atoms with van der Waals surface area (Å²) in [5.74, 6) is -0.925. The van der Waals surface area contributed by atoms with E-state index in [9.17, 15) is 13.6 Å². The van der Waals surface area contributed by atoms with Gasteiger partial charge < -0.3 is 10.2 Å². The largest absolute Gasteiger partial charge is 0.370 e. The van der Waals surface area contributed by atoms with Crippen LogP contribution in [0.15, 0.2) is 42.5 Å². The van der Waals surface area contributed by atoms with Crippen LogP contribution in [0.4, 0.5) is 20.2 Å². The molecule has 0 aliphatic carbocycles. The summed E-state index contributed by atoms with van der Waals surface area (Å²) < 4.78 is 28.9. The summed E-state index contributed by atoms with van der Waals surface area (Å²) in [4.78, 5) is 15.1. The van der Waals surface area contributed by atoms with Gasteiger partial charge in [-0.1, -0.05) is 0 Å².